The number of nitrogens with one attached hydrogen (secondary N) is 1. The van der Waals surface area contributed by atoms with E-state index in [1.165, 1.54) is 0 Å². The predicted molar refractivity (Wildman–Crippen MR) is 116 cm³/mol. The van der Waals surface area contributed by atoms with Crippen LogP contribution >= 0.6 is 46.4 Å². The summed E-state index contributed by atoms with van der Waals surface area (Å²) in [7, 11) is 0. The lowest BCUT2D eigenvalue weighted by Gasteiger charge is -2.15. The number of ether oxygens (including phenoxy) is 1. The lowest BCUT2D eigenvalue weighted by atomic mass is 10.1. The molecule has 0 aliphatic rings. The van der Waals surface area contributed by atoms with E-state index in [1.54, 1.807) is 6.07 Å². The van der Waals surface area contributed by atoms with Crippen LogP contribution in [-0.4, -0.2) is 0 Å². The highest BCUT2D eigenvalue weighted by Crippen LogP contribution is 2.34. The van der Waals surface area contributed by atoms with Crippen molar-refractivity contribution >= 4 is 52.1 Å². The summed E-state index contributed by atoms with van der Waals surface area (Å²) in [4.78, 5) is 0. The lowest BCUT2D eigenvalue weighted by Crippen LogP contribution is -2.04. The highest BCUT2D eigenvalue weighted by Gasteiger charge is 2.12. The van der Waals surface area contributed by atoms with E-state index in [0.29, 0.717) is 39.0 Å². The van der Waals surface area contributed by atoms with Crippen LogP contribution in [0.3, 0.4) is 0 Å². The topological polar surface area (TPSA) is 21.3 Å². The van der Waals surface area contributed by atoms with Crippen LogP contribution in [0, 0.1) is 6.92 Å². The molecule has 3 aromatic rings. The number of rotatable bonds is 6. The van der Waals surface area contributed by atoms with Crippen molar-refractivity contribution in [1.82, 2.24) is 0 Å². The van der Waals surface area contributed by atoms with Gasteiger partial charge in [-0.1, -0.05) is 64.6 Å². The molecule has 2 nitrogen and oxygen atoms in total. The van der Waals surface area contributed by atoms with Crippen LogP contribution in [0.25, 0.3) is 0 Å². The number of hydrogen-bond acceptors (Lipinski definition) is 2. The summed E-state index contributed by atoms with van der Waals surface area (Å²) in [6.45, 7) is 2.84. The van der Waals surface area contributed by atoms with Crippen LogP contribution in [0.15, 0.2) is 54.6 Å². The van der Waals surface area contributed by atoms with Crippen LogP contribution < -0.4 is 10.1 Å². The Balaban J connectivity index is 1.77. The fourth-order valence-corrected chi connectivity index (χ4v) is 3.44. The van der Waals surface area contributed by atoms with Crippen molar-refractivity contribution in [2.75, 3.05) is 5.32 Å². The van der Waals surface area contributed by atoms with Crippen molar-refractivity contribution in [3.05, 3.63) is 91.4 Å². The summed E-state index contributed by atoms with van der Waals surface area (Å²) in [5.41, 5.74) is 3.79. The minimum Gasteiger partial charge on any atom is -0.487 e. The molecule has 0 radical (unpaired) electrons. The fraction of sp³-hybridized carbons (Fsp3) is 0.143. The molecule has 0 saturated carbocycles. The summed E-state index contributed by atoms with van der Waals surface area (Å²) in [6, 6.07) is 16.8. The molecular formula is C21H17Cl4NO. The first-order valence-electron chi connectivity index (χ1n) is 8.27. The predicted octanol–water partition coefficient (Wildman–Crippen LogP) is 7.80. The molecule has 0 aromatic heterocycles. The zero-order chi connectivity index (χ0) is 19.4. The normalized spacial score (nSPS) is 10.7. The molecule has 0 spiro atoms. The van der Waals surface area contributed by atoms with E-state index in [4.69, 9.17) is 51.1 Å². The smallest absolute Gasteiger partial charge is 0.143 e. The number of aryl methyl sites for hydroxylation is 1. The van der Waals surface area contributed by atoms with Gasteiger partial charge in [-0.15, -0.1) is 0 Å². The van der Waals surface area contributed by atoms with E-state index in [2.05, 4.69) is 5.32 Å². The standard InChI is InChI=1S/C21H17Cl4NO/c1-13-2-7-18(10-19(13)24)26-11-15-8-17(23)9-20(25)21(15)27-12-14-3-5-16(22)6-4-14/h2-10,26H,11-12H2,1H3. The monoisotopic (exact) mass is 439 g/mol. The van der Waals surface area contributed by atoms with Gasteiger partial charge in [0.1, 0.15) is 12.4 Å². The first-order valence-corrected chi connectivity index (χ1v) is 9.79. The van der Waals surface area contributed by atoms with Crippen LogP contribution in [0.2, 0.25) is 20.1 Å². The first kappa shape index (κ1) is 20.2. The fourth-order valence-electron chi connectivity index (χ4n) is 2.54. The molecule has 3 aromatic carbocycles. The molecule has 140 valence electrons. The average Bonchev–Trinajstić information content (AvgIpc) is 2.63. The Morgan fingerprint density at radius 2 is 1.56 bits per heavy atom. The van der Waals surface area contributed by atoms with Gasteiger partial charge in [0, 0.05) is 32.9 Å². The molecule has 0 aliphatic heterocycles. The Kier molecular flexibility index (Phi) is 6.78. The molecule has 3 rings (SSSR count). The molecule has 0 aliphatic carbocycles. The van der Waals surface area contributed by atoms with Gasteiger partial charge in [-0.05, 0) is 54.4 Å². The number of halogens is 4. The maximum Gasteiger partial charge on any atom is 0.143 e. The Morgan fingerprint density at radius 1 is 0.815 bits per heavy atom. The largest absolute Gasteiger partial charge is 0.487 e. The van der Waals surface area contributed by atoms with E-state index < -0.39 is 0 Å². The van der Waals surface area contributed by atoms with E-state index in [-0.39, 0.29) is 0 Å². The molecule has 0 bridgehead atoms. The molecule has 0 saturated heterocycles. The maximum atomic E-state index is 6.37. The van der Waals surface area contributed by atoms with Crippen molar-refractivity contribution in [2.45, 2.75) is 20.1 Å². The van der Waals surface area contributed by atoms with Gasteiger partial charge >= 0.3 is 0 Å². The molecule has 6 heteroatoms. The molecule has 0 unspecified atom stereocenters. The molecule has 1 N–H and O–H groups in total. The van der Waals surface area contributed by atoms with Gasteiger partial charge in [-0.3, -0.25) is 0 Å². The molecular weight excluding hydrogens is 424 g/mol. The van der Waals surface area contributed by atoms with Crippen molar-refractivity contribution in [3.63, 3.8) is 0 Å². The third-order valence-corrected chi connectivity index (χ3v) is 5.19. The summed E-state index contributed by atoms with van der Waals surface area (Å²) < 4.78 is 5.98. The maximum absolute atomic E-state index is 6.37. The Morgan fingerprint density at radius 3 is 2.26 bits per heavy atom. The van der Waals surface area contributed by atoms with Gasteiger partial charge in [0.05, 0.1) is 5.02 Å². The van der Waals surface area contributed by atoms with E-state index >= 15 is 0 Å². The molecule has 0 fully saturated rings. The van der Waals surface area contributed by atoms with Crippen molar-refractivity contribution in [1.29, 1.82) is 0 Å². The summed E-state index contributed by atoms with van der Waals surface area (Å²) in [5.74, 6) is 0.599. The van der Waals surface area contributed by atoms with Crippen LogP contribution in [-0.2, 0) is 13.2 Å². The van der Waals surface area contributed by atoms with E-state index in [9.17, 15) is 0 Å². The highest BCUT2D eigenvalue weighted by molar-refractivity contribution is 6.35. The number of hydrogen-bond donors (Lipinski definition) is 1. The van der Waals surface area contributed by atoms with Crippen molar-refractivity contribution in [2.24, 2.45) is 0 Å². The SMILES string of the molecule is Cc1ccc(NCc2cc(Cl)cc(Cl)c2OCc2ccc(Cl)cc2)cc1Cl. The molecule has 0 amide bonds. The van der Waals surface area contributed by atoms with Gasteiger partial charge in [0.25, 0.3) is 0 Å². The van der Waals surface area contributed by atoms with Crippen LogP contribution in [0.5, 0.6) is 5.75 Å². The average molecular weight is 441 g/mol. The zero-order valence-corrected chi connectivity index (χ0v) is 17.6. The zero-order valence-electron chi connectivity index (χ0n) is 14.5. The Hall–Kier alpha value is -1.58. The van der Waals surface area contributed by atoms with Crippen LogP contribution in [0.1, 0.15) is 16.7 Å². The van der Waals surface area contributed by atoms with Crippen LogP contribution in [0.4, 0.5) is 5.69 Å². The second-order valence-electron chi connectivity index (χ2n) is 6.11. The first-order chi connectivity index (χ1) is 12.9. The van der Waals surface area contributed by atoms with Gasteiger partial charge in [0.15, 0.2) is 0 Å². The van der Waals surface area contributed by atoms with E-state index in [0.717, 1.165) is 22.4 Å². The number of benzene rings is 3. The van der Waals surface area contributed by atoms with Crippen molar-refractivity contribution in [3.8, 4) is 5.75 Å². The Bertz CT molecular complexity index is 942. The number of anilines is 1. The summed E-state index contributed by atoms with van der Waals surface area (Å²) >= 11 is 24.7. The quantitative estimate of drug-likeness (QED) is 0.422. The minimum atomic E-state index is 0.377. The highest BCUT2D eigenvalue weighted by atomic mass is 35.5. The van der Waals surface area contributed by atoms with Gasteiger partial charge in [0.2, 0.25) is 0 Å². The van der Waals surface area contributed by atoms with Gasteiger partial charge in [-0.2, -0.15) is 0 Å². The molecule has 0 heterocycles. The molecule has 27 heavy (non-hydrogen) atoms. The third kappa shape index (κ3) is 5.46. The third-order valence-electron chi connectivity index (χ3n) is 4.04. The van der Waals surface area contributed by atoms with E-state index in [1.807, 2.05) is 55.5 Å². The summed E-state index contributed by atoms with van der Waals surface area (Å²) in [5, 5.41) is 5.75. The van der Waals surface area contributed by atoms with Gasteiger partial charge in [-0.25, -0.2) is 0 Å². The second kappa shape index (κ2) is 9.07. The Labute approximate surface area is 179 Å². The second-order valence-corrected chi connectivity index (χ2v) is 7.80. The van der Waals surface area contributed by atoms with Gasteiger partial charge < -0.3 is 10.1 Å². The summed E-state index contributed by atoms with van der Waals surface area (Å²) in [6.07, 6.45) is 0. The molecule has 0 atom stereocenters. The van der Waals surface area contributed by atoms with Crippen molar-refractivity contribution < 1.29 is 4.74 Å². The minimum absolute atomic E-state index is 0.377. The lowest BCUT2D eigenvalue weighted by molar-refractivity contribution is 0.303.